The molecule has 1 saturated carbocycles. The highest BCUT2D eigenvalue weighted by Gasteiger charge is 2.29. The van der Waals surface area contributed by atoms with Crippen LogP contribution < -0.4 is 11.1 Å². The van der Waals surface area contributed by atoms with Gasteiger partial charge in [0, 0.05) is 6.04 Å². The van der Waals surface area contributed by atoms with E-state index < -0.39 is 0 Å². The highest BCUT2D eigenvalue weighted by molar-refractivity contribution is 5.79. The van der Waals surface area contributed by atoms with Crippen LogP contribution in [-0.2, 0) is 4.79 Å². The van der Waals surface area contributed by atoms with Crippen LogP contribution in [0.25, 0.3) is 0 Å². The first-order chi connectivity index (χ1) is 8.04. The fourth-order valence-corrected chi connectivity index (χ4v) is 2.81. The quantitative estimate of drug-likeness (QED) is 0.718. The molecule has 0 bridgehead atoms. The largest absolute Gasteiger partial charge is 0.368 e. The molecule has 1 aliphatic carbocycles. The van der Waals surface area contributed by atoms with Gasteiger partial charge in [-0.25, -0.2) is 0 Å². The average molecular weight is 240 g/mol. The van der Waals surface area contributed by atoms with Crippen molar-refractivity contribution < 1.29 is 4.79 Å². The van der Waals surface area contributed by atoms with Crippen molar-refractivity contribution in [2.75, 3.05) is 0 Å². The molecule has 0 spiro atoms. The number of nitrogens with two attached hydrogens (primary N) is 1. The molecule has 0 aromatic rings. The van der Waals surface area contributed by atoms with Gasteiger partial charge in [-0.15, -0.1) is 0 Å². The Kier molecular flexibility index (Phi) is 5.96. The molecule has 0 aromatic heterocycles. The standard InChI is InChI=1S/C14H28N2O/c1-4-12(14(15)17)16-13-7-5-6-11(13)9-8-10(2)3/h10-13,16H,4-9H2,1-3H3,(H2,15,17). The Balaban J connectivity index is 2.42. The van der Waals surface area contributed by atoms with Gasteiger partial charge in [-0.1, -0.05) is 33.6 Å². The molecule has 1 fully saturated rings. The lowest BCUT2D eigenvalue weighted by atomic mass is 9.93. The van der Waals surface area contributed by atoms with Crippen molar-refractivity contribution in [3.05, 3.63) is 0 Å². The monoisotopic (exact) mass is 240 g/mol. The number of carbonyl (C=O) groups is 1. The van der Waals surface area contributed by atoms with Crippen LogP contribution in [0.3, 0.4) is 0 Å². The van der Waals surface area contributed by atoms with Crippen LogP contribution >= 0.6 is 0 Å². The molecule has 3 heteroatoms. The highest BCUT2D eigenvalue weighted by atomic mass is 16.1. The fourth-order valence-electron chi connectivity index (χ4n) is 2.81. The van der Waals surface area contributed by atoms with Gasteiger partial charge >= 0.3 is 0 Å². The molecule has 3 N–H and O–H groups in total. The van der Waals surface area contributed by atoms with Gasteiger partial charge in [0.15, 0.2) is 0 Å². The Morgan fingerprint density at radius 1 is 1.41 bits per heavy atom. The first kappa shape index (κ1) is 14.5. The van der Waals surface area contributed by atoms with E-state index in [0.717, 1.165) is 18.3 Å². The van der Waals surface area contributed by atoms with Crippen LogP contribution in [0, 0.1) is 11.8 Å². The zero-order valence-corrected chi connectivity index (χ0v) is 11.5. The lowest BCUT2D eigenvalue weighted by Crippen LogP contribution is -2.47. The van der Waals surface area contributed by atoms with Gasteiger partial charge in [-0.3, -0.25) is 4.79 Å². The van der Waals surface area contributed by atoms with Crippen LogP contribution in [0.5, 0.6) is 0 Å². The van der Waals surface area contributed by atoms with E-state index in [1.54, 1.807) is 0 Å². The summed E-state index contributed by atoms with van der Waals surface area (Å²) in [6, 6.07) is 0.367. The third kappa shape index (κ3) is 4.66. The molecule has 1 amide bonds. The van der Waals surface area contributed by atoms with Crippen molar-refractivity contribution in [1.82, 2.24) is 5.32 Å². The topological polar surface area (TPSA) is 55.1 Å². The number of hydrogen-bond donors (Lipinski definition) is 2. The molecule has 0 aliphatic heterocycles. The normalized spacial score (nSPS) is 26.4. The zero-order chi connectivity index (χ0) is 12.8. The lowest BCUT2D eigenvalue weighted by Gasteiger charge is -2.25. The second-order valence-corrected chi connectivity index (χ2v) is 5.80. The van der Waals surface area contributed by atoms with Crippen molar-refractivity contribution >= 4 is 5.91 Å². The van der Waals surface area contributed by atoms with Gasteiger partial charge in [-0.05, 0) is 37.5 Å². The Hall–Kier alpha value is -0.570. The summed E-state index contributed by atoms with van der Waals surface area (Å²) < 4.78 is 0. The van der Waals surface area contributed by atoms with Gasteiger partial charge in [-0.2, -0.15) is 0 Å². The van der Waals surface area contributed by atoms with Crippen molar-refractivity contribution in [3.63, 3.8) is 0 Å². The van der Waals surface area contributed by atoms with Crippen LogP contribution in [-0.4, -0.2) is 18.0 Å². The summed E-state index contributed by atoms with van der Waals surface area (Å²) >= 11 is 0. The summed E-state index contributed by atoms with van der Waals surface area (Å²) in [6.45, 7) is 6.56. The lowest BCUT2D eigenvalue weighted by molar-refractivity contribution is -0.120. The number of amides is 1. The Morgan fingerprint density at radius 3 is 2.65 bits per heavy atom. The number of hydrogen-bond acceptors (Lipinski definition) is 2. The maximum atomic E-state index is 11.3. The fraction of sp³-hybridized carbons (Fsp3) is 0.929. The minimum Gasteiger partial charge on any atom is -0.368 e. The van der Waals surface area contributed by atoms with Gasteiger partial charge in [0.25, 0.3) is 0 Å². The molecule has 0 radical (unpaired) electrons. The molecule has 3 nitrogen and oxygen atoms in total. The second kappa shape index (κ2) is 7.00. The van der Waals surface area contributed by atoms with Gasteiger partial charge in [0.1, 0.15) is 0 Å². The number of primary amides is 1. The third-order valence-electron chi connectivity index (χ3n) is 3.94. The molecule has 100 valence electrons. The predicted molar refractivity (Wildman–Crippen MR) is 71.6 cm³/mol. The van der Waals surface area contributed by atoms with Crippen LogP contribution in [0.15, 0.2) is 0 Å². The van der Waals surface area contributed by atoms with E-state index in [1.807, 2.05) is 6.92 Å². The summed E-state index contributed by atoms with van der Waals surface area (Å²) in [5.74, 6) is 1.31. The van der Waals surface area contributed by atoms with Crippen LogP contribution in [0.2, 0.25) is 0 Å². The number of nitrogens with one attached hydrogen (secondary N) is 1. The van der Waals surface area contributed by atoms with E-state index in [1.165, 1.54) is 32.1 Å². The molecule has 1 aliphatic rings. The molecule has 1 rings (SSSR count). The summed E-state index contributed by atoms with van der Waals surface area (Å²) in [5.41, 5.74) is 5.39. The summed E-state index contributed by atoms with van der Waals surface area (Å²) in [6.07, 6.45) is 7.16. The van der Waals surface area contributed by atoms with E-state index in [-0.39, 0.29) is 11.9 Å². The van der Waals surface area contributed by atoms with E-state index in [0.29, 0.717) is 6.04 Å². The minimum absolute atomic E-state index is 0.139. The maximum Gasteiger partial charge on any atom is 0.234 e. The van der Waals surface area contributed by atoms with Crippen LogP contribution in [0.4, 0.5) is 0 Å². The molecule has 0 saturated heterocycles. The van der Waals surface area contributed by atoms with E-state index in [4.69, 9.17) is 5.73 Å². The van der Waals surface area contributed by atoms with Gasteiger partial charge in [0.2, 0.25) is 5.91 Å². The summed E-state index contributed by atoms with van der Waals surface area (Å²) in [4.78, 5) is 11.3. The molecule has 3 unspecified atom stereocenters. The third-order valence-corrected chi connectivity index (χ3v) is 3.94. The molecule has 0 aromatic carbocycles. The van der Waals surface area contributed by atoms with Crippen molar-refractivity contribution in [1.29, 1.82) is 0 Å². The Morgan fingerprint density at radius 2 is 2.12 bits per heavy atom. The molecule has 17 heavy (non-hydrogen) atoms. The van der Waals surface area contributed by atoms with E-state index in [9.17, 15) is 4.79 Å². The first-order valence-corrected chi connectivity index (χ1v) is 7.10. The smallest absolute Gasteiger partial charge is 0.234 e. The zero-order valence-electron chi connectivity index (χ0n) is 11.5. The van der Waals surface area contributed by atoms with Crippen molar-refractivity contribution in [3.8, 4) is 0 Å². The number of carbonyl (C=O) groups excluding carboxylic acids is 1. The van der Waals surface area contributed by atoms with Gasteiger partial charge < -0.3 is 11.1 Å². The SMILES string of the molecule is CCC(NC1CCCC1CCC(C)C)C(N)=O. The average Bonchev–Trinajstić information content (AvgIpc) is 2.69. The summed E-state index contributed by atoms with van der Waals surface area (Å²) in [5, 5.41) is 3.46. The molecule has 3 atom stereocenters. The maximum absolute atomic E-state index is 11.3. The Bertz CT molecular complexity index is 240. The van der Waals surface area contributed by atoms with E-state index in [2.05, 4.69) is 19.2 Å². The highest BCUT2D eigenvalue weighted by Crippen LogP contribution is 2.31. The molecular formula is C14H28N2O. The number of rotatable bonds is 7. The van der Waals surface area contributed by atoms with Crippen molar-refractivity contribution in [2.24, 2.45) is 17.6 Å². The molecule has 0 heterocycles. The Labute approximate surface area is 106 Å². The van der Waals surface area contributed by atoms with Gasteiger partial charge in [0.05, 0.1) is 6.04 Å². The summed E-state index contributed by atoms with van der Waals surface area (Å²) in [7, 11) is 0. The minimum atomic E-state index is -0.206. The van der Waals surface area contributed by atoms with Crippen molar-refractivity contribution in [2.45, 2.75) is 71.4 Å². The predicted octanol–water partition coefficient (Wildman–Crippen LogP) is 2.44. The first-order valence-electron chi connectivity index (χ1n) is 7.10. The van der Waals surface area contributed by atoms with E-state index >= 15 is 0 Å². The van der Waals surface area contributed by atoms with Crippen LogP contribution in [0.1, 0.15) is 59.3 Å². The second-order valence-electron chi connectivity index (χ2n) is 5.80. The molecular weight excluding hydrogens is 212 g/mol.